The van der Waals surface area contributed by atoms with E-state index in [-0.39, 0.29) is 10.8 Å². The Balaban J connectivity index is 1.97. The summed E-state index contributed by atoms with van der Waals surface area (Å²) in [5.74, 6) is 0.678. The number of halogens is 3. The van der Waals surface area contributed by atoms with Crippen molar-refractivity contribution in [1.29, 1.82) is 0 Å². The molecule has 2 nitrogen and oxygen atoms in total. The topological polar surface area (TPSA) is 21.3 Å². The van der Waals surface area contributed by atoms with E-state index >= 15 is 0 Å². The van der Waals surface area contributed by atoms with E-state index in [9.17, 15) is 8.78 Å². The second-order valence-corrected chi connectivity index (χ2v) is 5.76. The Kier molecular flexibility index (Phi) is 5.46. The van der Waals surface area contributed by atoms with Crippen molar-refractivity contribution in [1.82, 2.24) is 0 Å². The number of hydrogen-bond donors (Lipinski definition) is 1. The molecule has 112 valence electrons. The highest BCUT2D eigenvalue weighted by molar-refractivity contribution is 6.32. The minimum absolute atomic E-state index is 0.0116. The Hall–Kier alpha value is -1.03. The van der Waals surface area contributed by atoms with E-state index in [0.717, 1.165) is 5.69 Å². The molecule has 0 bridgehead atoms. The van der Waals surface area contributed by atoms with Crippen molar-refractivity contribution in [3.05, 3.63) is 23.2 Å². The van der Waals surface area contributed by atoms with Crippen LogP contribution in [0.5, 0.6) is 5.75 Å². The molecule has 20 heavy (non-hydrogen) atoms. The van der Waals surface area contributed by atoms with Gasteiger partial charge in [-0.3, -0.25) is 0 Å². The van der Waals surface area contributed by atoms with E-state index in [0.29, 0.717) is 12.0 Å². The van der Waals surface area contributed by atoms with Crippen molar-refractivity contribution in [3.8, 4) is 5.75 Å². The Labute approximate surface area is 123 Å². The standard InChI is InChI=1S/C15H20ClF2NO/c1-10(11-5-3-2-4-6-11)19-12-7-8-14(13(16)9-12)20-15(17)18/h7-11,15,19H,2-6H2,1H3. The maximum absolute atomic E-state index is 12.2. The number of nitrogens with one attached hydrogen (secondary N) is 1. The molecule has 1 N–H and O–H groups in total. The maximum atomic E-state index is 12.2. The summed E-state index contributed by atoms with van der Waals surface area (Å²) in [6, 6.07) is 5.19. The van der Waals surface area contributed by atoms with Gasteiger partial charge in [-0.25, -0.2) is 0 Å². The molecular formula is C15H20ClF2NO. The fourth-order valence-electron chi connectivity index (χ4n) is 2.80. The van der Waals surface area contributed by atoms with Gasteiger partial charge in [-0.15, -0.1) is 0 Å². The summed E-state index contributed by atoms with van der Waals surface area (Å²) in [5, 5.41) is 3.61. The number of rotatable bonds is 5. The summed E-state index contributed by atoms with van der Waals surface area (Å²) >= 11 is 5.94. The molecule has 1 aromatic carbocycles. The van der Waals surface area contributed by atoms with E-state index in [2.05, 4.69) is 17.0 Å². The van der Waals surface area contributed by atoms with Crippen LogP contribution in [0.15, 0.2) is 18.2 Å². The molecule has 1 aromatic rings. The molecule has 0 radical (unpaired) electrons. The van der Waals surface area contributed by atoms with Crippen LogP contribution in [0, 0.1) is 5.92 Å². The molecule has 1 atom stereocenters. The zero-order valence-corrected chi connectivity index (χ0v) is 12.3. The number of ether oxygens (including phenoxy) is 1. The summed E-state index contributed by atoms with van der Waals surface area (Å²) in [4.78, 5) is 0. The van der Waals surface area contributed by atoms with Crippen LogP contribution in [0.1, 0.15) is 39.0 Å². The third-order valence-electron chi connectivity index (χ3n) is 3.90. The average Bonchev–Trinajstić information content (AvgIpc) is 2.42. The lowest BCUT2D eigenvalue weighted by atomic mass is 9.84. The summed E-state index contributed by atoms with van der Waals surface area (Å²) in [7, 11) is 0. The van der Waals surface area contributed by atoms with Crippen molar-refractivity contribution in [3.63, 3.8) is 0 Å². The van der Waals surface area contributed by atoms with Crippen LogP contribution in [0.3, 0.4) is 0 Å². The SMILES string of the molecule is CC(Nc1ccc(OC(F)F)c(Cl)c1)C1CCCCC1. The van der Waals surface area contributed by atoms with Gasteiger partial charge in [0.15, 0.2) is 0 Å². The molecule has 2 rings (SSSR count). The molecule has 1 aliphatic rings. The third kappa shape index (κ3) is 4.23. The van der Waals surface area contributed by atoms with Gasteiger partial charge in [-0.1, -0.05) is 30.9 Å². The minimum Gasteiger partial charge on any atom is -0.433 e. The highest BCUT2D eigenvalue weighted by atomic mass is 35.5. The van der Waals surface area contributed by atoms with E-state index < -0.39 is 6.61 Å². The molecule has 1 saturated carbocycles. The smallest absolute Gasteiger partial charge is 0.387 e. The molecular weight excluding hydrogens is 284 g/mol. The molecule has 0 aromatic heterocycles. The summed E-state index contributed by atoms with van der Waals surface area (Å²) in [6.07, 6.45) is 6.40. The Bertz CT molecular complexity index is 436. The van der Waals surface area contributed by atoms with Crippen LogP contribution in [0.4, 0.5) is 14.5 Å². The van der Waals surface area contributed by atoms with Crippen LogP contribution in [-0.4, -0.2) is 12.7 Å². The first-order valence-corrected chi connectivity index (χ1v) is 7.45. The van der Waals surface area contributed by atoms with Gasteiger partial charge in [-0.2, -0.15) is 8.78 Å². The second kappa shape index (κ2) is 7.11. The lowest BCUT2D eigenvalue weighted by molar-refractivity contribution is -0.0497. The molecule has 1 unspecified atom stereocenters. The normalized spacial score (nSPS) is 18.1. The zero-order valence-electron chi connectivity index (χ0n) is 11.5. The lowest BCUT2D eigenvalue weighted by Crippen LogP contribution is -2.27. The number of anilines is 1. The van der Waals surface area contributed by atoms with E-state index in [1.165, 1.54) is 38.2 Å². The quantitative estimate of drug-likeness (QED) is 0.794. The molecule has 0 saturated heterocycles. The Morgan fingerprint density at radius 1 is 1.25 bits per heavy atom. The van der Waals surface area contributed by atoms with Gasteiger partial charge in [0.25, 0.3) is 0 Å². The average molecular weight is 304 g/mol. The van der Waals surface area contributed by atoms with Crippen LogP contribution >= 0.6 is 11.6 Å². The first kappa shape index (κ1) is 15.4. The van der Waals surface area contributed by atoms with E-state index in [1.807, 2.05) is 0 Å². The molecule has 0 aliphatic heterocycles. The Morgan fingerprint density at radius 2 is 1.95 bits per heavy atom. The summed E-state index contributed by atoms with van der Waals surface area (Å²) in [6.45, 7) is -0.694. The molecule has 0 heterocycles. The summed E-state index contributed by atoms with van der Waals surface area (Å²) < 4.78 is 28.6. The molecule has 5 heteroatoms. The van der Waals surface area contributed by atoms with Crippen molar-refractivity contribution >= 4 is 17.3 Å². The minimum atomic E-state index is -2.85. The van der Waals surface area contributed by atoms with Crippen LogP contribution < -0.4 is 10.1 Å². The van der Waals surface area contributed by atoms with Crippen LogP contribution in [0.25, 0.3) is 0 Å². The lowest BCUT2D eigenvalue weighted by Gasteiger charge is -2.29. The summed E-state index contributed by atoms with van der Waals surface area (Å²) in [5.41, 5.74) is 0.842. The van der Waals surface area contributed by atoms with Crippen molar-refractivity contribution in [2.24, 2.45) is 5.92 Å². The third-order valence-corrected chi connectivity index (χ3v) is 4.19. The van der Waals surface area contributed by atoms with E-state index in [4.69, 9.17) is 11.6 Å². The zero-order chi connectivity index (χ0) is 14.5. The van der Waals surface area contributed by atoms with Gasteiger partial charge in [0.2, 0.25) is 0 Å². The van der Waals surface area contributed by atoms with E-state index in [1.54, 1.807) is 12.1 Å². The van der Waals surface area contributed by atoms with Crippen LogP contribution in [0.2, 0.25) is 5.02 Å². The number of hydrogen-bond acceptors (Lipinski definition) is 2. The van der Waals surface area contributed by atoms with Crippen molar-refractivity contribution < 1.29 is 13.5 Å². The fraction of sp³-hybridized carbons (Fsp3) is 0.600. The van der Waals surface area contributed by atoms with Crippen molar-refractivity contribution in [2.45, 2.75) is 51.7 Å². The van der Waals surface area contributed by atoms with Crippen molar-refractivity contribution in [2.75, 3.05) is 5.32 Å². The number of alkyl halides is 2. The van der Waals surface area contributed by atoms with Crippen LogP contribution in [-0.2, 0) is 0 Å². The van der Waals surface area contributed by atoms with Gasteiger partial charge >= 0.3 is 6.61 Å². The Morgan fingerprint density at radius 3 is 2.55 bits per heavy atom. The van der Waals surface area contributed by atoms with Gasteiger partial charge in [0, 0.05) is 11.7 Å². The molecule has 1 fully saturated rings. The fourth-order valence-corrected chi connectivity index (χ4v) is 3.02. The monoisotopic (exact) mass is 303 g/mol. The van der Waals surface area contributed by atoms with Gasteiger partial charge < -0.3 is 10.1 Å². The molecule has 0 amide bonds. The first-order valence-electron chi connectivity index (χ1n) is 7.07. The molecule has 0 spiro atoms. The van der Waals surface area contributed by atoms with Gasteiger partial charge in [0.05, 0.1) is 5.02 Å². The van der Waals surface area contributed by atoms with Gasteiger partial charge in [-0.05, 0) is 43.9 Å². The second-order valence-electron chi connectivity index (χ2n) is 5.35. The largest absolute Gasteiger partial charge is 0.433 e. The predicted octanol–water partition coefficient (Wildman–Crippen LogP) is 5.32. The maximum Gasteiger partial charge on any atom is 0.387 e. The highest BCUT2D eigenvalue weighted by Crippen LogP contribution is 2.31. The highest BCUT2D eigenvalue weighted by Gasteiger charge is 2.20. The molecule has 1 aliphatic carbocycles. The first-order chi connectivity index (χ1) is 9.56. The number of benzene rings is 1. The van der Waals surface area contributed by atoms with Gasteiger partial charge in [0.1, 0.15) is 5.75 Å². The predicted molar refractivity (Wildman–Crippen MR) is 77.7 cm³/mol.